The summed E-state index contributed by atoms with van der Waals surface area (Å²) in [5, 5.41) is 26.1. The van der Waals surface area contributed by atoms with Crippen LogP contribution in [0.3, 0.4) is 0 Å². The number of nitro benzene ring substituents is 1. The molecule has 0 aliphatic heterocycles. The number of aliphatic hydroxyl groups is 1. The topological polar surface area (TPSA) is 95.6 Å². The standard InChI is InChI=1S/C7H7NO2.C7H9NO.C2H6O.B.Bi.3ClH.K.H/c1-6-2-4-7(5-3-6)8(9)10;1-6-2-4-7(8-9)5-3-6;1-2-3;;;;;;;/h2-5H,1H3;2-5,8-9H,1H3;3H,2H2,1H3;;;3*1H;;/q;;;;+3;;;;+1;-1/p-3. The molecule has 3 radical (unpaired) electrons. The average molecular weight is 673 g/mol. The number of nitrogens with one attached hydrogen (secondary N) is 1. The summed E-state index contributed by atoms with van der Waals surface area (Å²) in [5.41, 5.74) is 5.14. The molecule has 0 amide bonds. The Balaban J connectivity index is -0.0000000939. The number of hydrogen-bond donors (Lipinski definition) is 3. The van der Waals surface area contributed by atoms with Gasteiger partial charge in [0, 0.05) is 27.2 Å². The molecule has 2 aromatic rings. The van der Waals surface area contributed by atoms with Gasteiger partial charge in [0.1, 0.15) is 0 Å². The summed E-state index contributed by atoms with van der Waals surface area (Å²) in [4.78, 5) is 9.71. The van der Waals surface area contributed by atoms with Crippen LogP contribution >= 0.6 is 25.5 Å². The molecule has 28 heavy (non-hydrogen) atoms. The van der Waals surface area contributed by atoms with E-state index < -0.39 is 23.1 Å². The number of aliphatic hydroxyl groups excluding tert-OH is 1. The fourth-order valence-electron chi connectivity index (χ4n) is 1.29. The van der Waals surface area contributed by atoms with Crippen molar-refractivity contribution in [2.75, 3.05) is 12.1 Å². The second-order valence-electron chi connectivity index (χ2n) is 4.58. The van der Waals surface area contributed by atoms with Crippen LogP contribution < -0.4 is 56.9 Å². The first-order chi connectivity index (χ1) is 12.2. The van der Waals surface area contributed by atoms with Crippen molar-refractivity contribution in [1.29, 1.82) is 0 Å². The van der Waals surface area contributed by atoms with E-state index in [4.69, 9.17) is 35.9 Å². The SMILES string of the molecule is CCO.Cc1ccc(NO)cc1.Cc1ccc([N+](=O)[O-])cc1.[B].[Cl][Bi]([Cl])[Cl].[H-].[K+]. The summed E-state index contributed by atoms with van der Waals surface area (Å²) in [6, 6.07) is 13.9. The first kappa shape index (κ1) is 36.4. The van der Waals surface area contributed by atoms with Gasteiger partial charge < -0.3 is 6.53 Å². The number of benzene rings is 2. The van der Waals surface area contributed by atoms with E-state index in [1.54, 1.807) is 19.1 Å². The molecule has 0 aliphatic rings. The van der Waals surface area contributed by atoms with Gasteiger partial charge >= 0.3 is 95.1 Å². The molecule has 2 rings (SSSR count). The van der Waals surface area contributed by atoms with Gasteiger partial charge in [-0.3, -0.25) is 20.8 Å². The molecule has 2 aromatic carbocycles. The van der Waals surface area contributed by atoms with Crippen molar-refractivity contribution in [3.05, 3.63) is 69.8 Å². The Morgan fingerprint density at radius 2 is 1.32 bits per heavy atom. The van der Waals surface area contributed by atoms with Crippen molar-refractivity contribution in [2.24, 2.45) is 0 Å². The molecule has 0 saturated carbocycles. The fourth-order valence-corrected chi connectivity index (χ4v) is 1.29. The number of aryl methyl sites for hydroxylation is 2. The Bertz CT molecular complexity index is 615. The molecular weight excluding hydrogens is 649 g/mol. The first-order valence-corrected chi connectivity index (χ1v) is 20.1. The van der Waals surface area contributed by atoms with E-state index in [0.29, 0.717) is 0 Å². The van der Waals surface area contributed by atoms with Crippen LogP contribution in [0.4, 0.5) is 11.4 Å². The molecule has 0 saturated heterocycles. The number of halogens is 3. The monoisotopic (exact) mass is 671 g/mol. The van der Waals surface area contributed by atoms with Gasteiger partial charge in [-0.25, -0.2) is 0 Å². The summed E-state index contributed by atoms with van der Waals surface area (Å²) in [5.74, 6) is 0. The molecule has 0 heterocycles. The maximum atomic E-state index is 10.1. The van der Waals surface area contributed by atoms with Gasteiger partial charge in [0.05, 0.1) is 10.6 Å². The molecular formula is C16H23BBiCl3KN2O4. The molecule has 0 spiro atoms. The van der Waals surface area contributed by atoms with Crippen LogP contribution in [0.1, 0.15) is 19.5 Å². The van der Waals surface area contributed by atoms with Crippen LogP contribution in [0.25, 0.3) is 0 Å². The number of anilines is 1. The minimum atomic E-state index is -2.18. The van der Waals surface area contributed by atoms with Crippen molar-refractivity contribution in [3.63, 3.8) is 0 Å². The van der Waals surface area contributed by atoms with E-state index in [2.05, 4.69) is 5.48 Å². The van der Waals surface area contributed by atoms with E-state index in [-0.39, 0.29) is 73.5 Å². The molecule has 0 bridgehead atoms. The summed E-state index contributed by atoms with van der Waals surface area (Å²) in [6.45, 7) is 5.82. The van der Waals surface area contributed by atoms with Crippen molar-refractivity contribution in [1.82, 2.24) is 0 Å². The molecule has 6 nitrogen and oxygen atoms in total. The van der Waals surface area contributed by atoms with Crippen LogP contribution in [-0.2, 0) is 0 Å². The summed E-state index contributed by atoms with van der Waals surface area (Å²) in [6.07, 6.45) is 0. The smallest absolute Gasteiger partial charge is 1.00 e. The van der Waals surface area contributed by atoms with Crippen LogP contribution in [0.5, 0.6) is 0 Å². The van der Waals surface area contributed by atoms with Crippen molar-refractivity contribution in [2.45, 2.75) is 20.8 Å². The van der Waals surface area contributed by atoms with Crippen LogP contribution in [-0.4, -0.2) is 48.4 Å². The molecule has 0 aromatic heterocycles. The van der Waals surface area contributed by atoms with E-state index >= 15 is 0 Å². The Morgan fingerprint density at radius 1 is 1.04 bits per heavy atom. The number of nitro groups is 1. The van der Waals surface area contributed by atoms with Gasteiger partial charge in [0.15, 0.2) is 0 Å². The Kier molecular flexibility index (Phi) is 31.6. The van der Waals surface area contributed by atoms with E-state index in [1.165, 1.54) is 17.7 Å². The number of nitrogens with zero attached hydrogens (tertiary/aromatic N) is 1. The Morgan fingerprint density at radius 3 is 1.57 bits per heavy atom. The minimum absolute atomic E-state index is 0. The quantitative estimate of drug-likeness (QED) is 0.258. The Hall–Kier alpha value is 1.01. The summed E-state index contributed by atoms with van der Waals surface area (Å²) < 4.78 is 0. The van der Waals surface area contributed by atoms with Gasteiger partial charge in [0.25, 0.3) is 5.69 Å². The summed E-state index contributed by atoms with van der Waals surface area (Å²) in [7, 11) is 15.0. The van der Waals surface area contributed by atoms with E-state index in [0.717, 1.165) is 11.3 Å². The van der Waals surface area contributed by atoms with Crippen molar-refractivity contribution in [3.8, 4) is 0 Å². The zero-order valence-corrected chi connectivity index (χ0v) is 25.0. The van der Waals surface area contributed by atoms with E-state index in [1.807, 2.05) is 38.1 Å². The Labute approximate surface area is 230 Å². The van der Waals surface area contributed by atoms with Crippen LogP contribution in [0.15, 0.2) is 48.5 Å². The maximum Gasteiger partial charge on any atom is 1.00 e. The number of non-ortho nitro benzene ring substituents is 1. The second kappa shape index (κ2) is 24.3. The third-order valence-corrected chi connectivity index (χ3v) is 2.43. The zero-order chi connectivity index (χ0) is 20.5. The third kappa shape index (κ3) is 25.1. The van der Waals surface area contributed by atoms with Crippen LogP contribution in [0.2, 0.25) is 0 Å². The first-order valence-electron chi connectivity index (χ1n) is 7.24. The van der Waals surface area contributed by atoms with Gasteiger partial charge in [0.2, 0.25) is 0 Å². The molecule has 151 valence electrons. The van der Waals surface area contributed by atoms with E-state index in [9.17, 15) is 10.1 Å². The third-order valence-electron chi connectivity index (χ3n) is 2.43. The summed E-state index contributed by atoms with van der Waals surface area (Å²) >= 11 is -2.18. The zero-order valence-electron chi connectivity index (χ0n) is 17.1. The molecule has 0 aliphatic carbocycles. The predicted molar refractivity (Wildman–Crippen MR) is 117 cm³/mol. The number of rotatable bonds is 2. The minimum Gasteiger partial charge on any atom is -1.00 e. The van der Waals surface area contributed by atoms with Gasteiger partial charge in [-0.1, -0.05) is 35.4 Å². The molecule has 12 heteroatoms. The number of hydrogen-bond acceptors (Lipinski definition) is 5. The average Bonchev–Trinajstić information content (AvgIpc) is 2.57. The normalized spacial score (nSPS) is 8.18. The predicted octanol–water partition coefficient (Wildman–Crippen LogP) is 2.12. The maximum absolute atomic E-state index is 10.1. The van der Waals surface area contributed by atoms with Gasteiger partial charge in [-0.2, -0.15) is 0 Å². The van der Waals surface area contributed by atoms with Gasteiger partial charge in [-0.15, -0.1) is 0 Å². The van der Waals surface area contributed by atoms with Gasteiger partial charge in [-0.05, 0) is 32.9 Å². The molecule has 0 unspecified atom stereocenters. The second-order valence-corrected chi connectivity index (χ2v) is 19.5. The van der Waals surface area contributed by atoms with Crippen molar-refractivity contribution < 1.29 is 68.0 Å². The largest absolute Gasteiger partial charge is 1.00 e. The molecule has 0 atom stereocenters. The van der Waals surface area contributed by atoms with Crippen molar-refractivity contribution >= 4 is 63.5 Å². The fraction of sp³-hybridized carbons (Fsp3) is 0.250. The molecule has 3 N–H and O–H groups in total. The van der Waals surface area contributed by atoms with Crippen LogP contribution in [0, 0.1) is 24.0 Å². The molecule has 0 fully saturated rings.